The van der Waals surface area contributed by atoms with Gasteiger partial charge in [-0.1, -0.05) is 24.3 Å². The van der Waals surface area contributed by atoms with E-state index >= 15 is 0 Å². The molecule has 0 aliphatic heterocycles. The summed E-state index contributed by atoms with van der Waals surface area (Å²) in [4.78, 5) is 61.6. The van der Waals surface area contributed by atoms with Gasteiger partial charge in [0.05, 0.1) is 0 Å². The smallest absolute Gasteiger partial charge is 0.419 e. The van der Waals surface area contributed by atoms with E-state index in [2.05, 4.69) is 16.0 Å². The van der Waals surface area contributed by atoms with Crippen LogP contribution in [0, 0.1) is 12.8 Å². The van der Waals surface area contributed by atoms with Gasteiger partial charge < -0.3 is 25.4 Å². The number of hydrogen-bond donors (Lipinski definition) is 3. The van der Waals surface area contributed by atoms with Crippen molar-refractivity contribution < 1.29 is 33.4 Å². The average Bonchev–Trinajstić information content (AvgIpc) is 3.27. The first-order chi connectivity index (χ1) is 19.1. The van der Waals surface area contributed by atoms with Crippen LogP contribution in [0.2, 0.25) is 0 Å². The largest absolute Gasteiger partial charge is 0.426 e. The monoisotopic (exact) mass is 550 g/mol. The Kier molecular flexibility index (Phi) is 10.0. The molecule has 1 aromatic rings. The molecule has 0 fully saturated rings. The summed E-state index contributed by atoms with van der Waals surface area (Å²) in [6.45, 7) is 8.49. The first-order valence-corrected chi connectivity index (χ1v) is 12.9. The number of imide groups is 1. The molecule has 0 bridgehead atoms. The number of fused-ring (bicyclic) bond motifs is 1. The molecule has 11 nitrogen and oxygen atoms in total. The number of esters is 1. The van der Waals surface area contributed by atoms with Gasteiger partial charge in [-0.3, -0.25) is 14.4 Å². The molecule has 2 aliphatic rings. The number of aryl methyl sites for hydroxylation is 1. The lowest BCUT2D eigenvalue weighted by Crippen LogP contribution is -2.39. The summed E-state index contributed by atoms with van der Waals surface area (Å²) in [6.07, 6.45) is 6.91. The van der Waals surface area contributed by atoms with Gasteiger partial charge in [-0.25, -0.2) is 14.5 Å². The zero-order valence-corrected chi connectivity index (χ0v) is 23.2. The van der Waals surface area contributed by atoms with E-state index in [9.17, 15) is 24.0 Å². The minimum absolute atomic E-state index is 0.0297. The number of likely N-dealkylation sites (N-methyl/N-ethyl adjacent to an activating group) is 1. The number of amides is 4. The van der Waals surface area contributed by atoms with Gasteiger partial charge in [-0.05, 0) is 69.5 Å². The highest BCUT2D eigenvalue weighted by Gasteiger charge is 2.34. The molecular formula is C29H34N4O7. The van der Waals surface area contributed by atoms with Crippen molar-refractivity contribution in [2.45, 2.75) is 40.7 Å². The van der Waals surface area contributed by atoms with Crippen LogP contribution in [0.1, 0.15) is 43.6 Å². The number of rotatable bonds is 11. The number of allylic oxidation sites excluding steroid dienone is 5. The first-order valence-electron chi connectivity index (χ1n) is 12.9. The SMILES string of the molecule is CCNC(=O)c1ccc(C)c(NC2=CC=CC3C=C(C(=O)N(CC)C(=O)OCOC(=O)C(C)NC=O)C(C)=C23)c1. The second-order valence-corrected chi connectivity index (χ2v) is 9.17. The van der Waals surface area contributed by atoms with Crippen molar-refractivity contribution in [3.05, 3.63) is 76.0 Å². The summed E-state index contributed by atoms with van der Waals surface area (Å²) in [5.41, 5.74) is 4.93. The average molecular weight is 551 g/mol. The van der Waals surface area contributed by atoms with Crippen LogP contribution in [0.15, 0.2) is 64.9 Å². The molecular weight excluding hydrogens is 516 g/mol. The van der Waals surface area contributed by atoms with Gasteiger partial charge in [-0.2, -0.15) is 0 Å². The van der Waals surface area contributed by atoms with Crippen molar-refractivity contribution in [2.24, 2.45) is 5.92 Å². The van der Waals surface area contributed by atoms with Crippen LogP contribution in [0.25, 0.3) is 0 Å². The van der Waals surface area contributed by atoms with Gasteiger partial charge in [0.1, 0.15) is 6.04 Å². The zero-order chi connectivity index (χ0) is 29.4. The summed E-state index contributed by atoms with van der Waals surface area (Å²) in [5.74, 6) is -1.69. The van der Waals surface area contributed by atoms with Gasteiger partial charge in [-0.15, -0.1) is 0 Å². The van der Waals surface area contributed by atoms with E-state index in [0.717, 1.165) is 27.4 Å². The Hall–Kier alpha value is -4.67. The molecule has 0 saturated carbocycles. The third-order valence-corrected chi connectivity index (χ3v) is 6.53. The summed E-state index contributed by atoms with van der Waals surface area (Å²) in [7, 11) is 0. The summed E-state index contributed by atoms with van der Waals surface area (Å²) >= 11 is 0. The molecule has 3 rings (SSSR count). The maximum Gasteiger partial charge on any atom is 0.419 e. The Balaban J connectivity index is 1.75. The normalized spacial score (nSPS) is 16.2. The molecule has 0 heterocycles. The molecule has 2 unspecified atom stereocenters. The van der Waals surface area contributed by atoms with E-state index in [-0.39, 0.29) is 18.4 Å². The maximum absolute atomic E-state index is 13.4. The van der Waals surface area contributed by atoms with Crippen LogP contribution in [0.4, 0.5) is 10.5 Å². The Bertz CT molecular complexity index is 1330. The van der Waals surface area contributed by atoms with E-state index in [1.165, 1.54) is 6.92 Å². The molecule has 4 amide bonds. The quantitative estimate of drug-likeness (QED) is 0.217. The Labute approximate surface area is 232 Å². The highest BCUT2D eigenvalue weighted by atomic mass is 16.7. The molecule has 40 heavy (non-hydrogen) atoms. The van der Waals surface area contributed by atoms with Gasteiger partial charge in [0.25, 0.3) is 11.8 Å². The topological polar surface area (TPSA) is 143 Å². The molecule has 2 aliphatic carbocycles. The second kappa shape index (κ2) is 13.4. The van der Waals surface area contributed by atoms with Crippen LogP contribution < -0.4 is 16.0 Å². The Morgan fingerprint density at radius 2 is 1.88 bits per heavy atom. The van der Waals surface area contributed by atoms with E-state index in [1.807, 2.05) is 45.1 Å². The summed E-state index contributed by atoms with van der Waals surface area (Å²) in [6, 6.07) is 4.51. The number of carbonyl (C=O) groups excluding carboxylic acids is 5. The number of anilines is 1. The maximum atomic E-state index is 13.4. The Morgan fingerprint density at radius 1 is 1.12 bits per heavy atom. The van der Waals surface area contributed by atoms with Crippen LogP contribution >= 0.6 is 0 Å². The number of nitrogens with one attached hydrogen (secondary N) is 3. The molecule has 11 heteroatoms. The molecule has 0 aromatic heterocycles. The molecule has 212 valence electrons. The highest BCUT2D eigenvalue weighted by molar-refractivity contribution is 6.06. The molecule has 0 spiro atoms. The van der Waals surface area contributed by atoms with Crippen molar-refractivity contribution in [1.82, 2.24) is 15.5 Å². The number of ether oxygens (including phenoxy) is 2. The van der Waals surface area contributed by atoms with E-state index < -0.39 is 30.8 Å². The molecule has 0 saturated heterocycles. The lowest BCUT2D eigenvalue weighted by atomic mass is 9.92. The molecule has 3 N–H and O–H groups in total. The fraction of sp³-hybridized carbons (Fsp3) is 0.345. The van der Waals surface area contributed by atoms with E-state index in [0.29, 0.717) is 29.7 Å². The zero-order valence-electron chi connectivity index (χ0n) is 23.2. The molecule has 1 aromatic carbocycles. The standard InChI is InChI=1S/C29H34N4O7/c1-6-30-26(35)21-12-11-17(3)24(14-21)32-23-10-8-9-20-13-22(18(4)25(20)23)27(36)33(7-2)29(38)40-16-39-28(37)19(5)31-15-34/h8-15,19-20,32H,6-7,16H2,1-5H3,(H,30,35)(H,31,34). The fourth-order valence-electron chi connectivity index (χ4n) is 4.34. The lowest BCUT2D eigenvalue weighted by molar-refractivity contribution is -0.155. The van der Waals surface area contributed by atoms with Gasteiger partial charge in [0, 0.05) is 41.5 Å². The van der Waals surface area contributed by atoms with Gasteiger partial charge in [0.2, 0.25) is 13.2 Å². The van der Waals surface area contributed by atoms with Crippen molar-refractivity contribution in [1.29, 1.82) is 0 Å². The van der Waals surface area contributed by atoms with Crippen LogP contribution in [0.5, 0.6) is 0 Å². The summed E-state index contributed by atoms with van der Waals surface area (Å²) in [5, 5.41) is 8.45. The predicted octanol–water partition coefficient (Wildman–Crippen LogP) is 3.10. The second-order valence-electron chi connectivity index (χ2n) is 9.17. The van der Waals surface area contributed by atoms with Crippen molar-refractivity contribution in [2.75, 3.05) is 25.2 Å². The van der Waals surface area contributed by atoms with Gasteiger partial charge >= 0.3 is 12.1 Å². The van der Waals surface area contributed by atoms with E-state index in [1.54, 1.807) is 25.1 Å². The van der Waals surface area contributed by atoms with Crippen LogP contribution in [-0.2, 0) is 23.9 Å². The predicted molar refractivity (Wildman–Crippen MR) is 148 cm³/mol. The van der Waals surface area contributed by atoms with Crippen molar-refractivity contribution >= 4 is 36.0 Å². The summed E-state index contributed by atoms with van der Waals surface area (Å²) < 4.78 is 9.81. The van der Waals surface area contributed by atoms with E-state index in [4.69, 9.17) is 9.47 Å². The number of hydrogen-bond acceptors (Lipinski definition) is 8. The fourth-order valence-corrected chi connectivity index (χ4v) is 4.34. The molecule has 0 radical (unpaired) electrons. The first kappa shape index (κ1) is 29.9. The number of nitrogens with zero attached hydrogens (tertiary/aromatic N) is 1. The Morgan fingerprint density at radius 3 is 2.55 bits per heavy atom. The third-order valence-electron chi connectivity index (χ3n) is 6.53. The minimum atomic E-state index is -0.966. The van der Waals surface area contributed by atoms with Crippen LogP contribution in [-0.4, -0.2) is 61.1 Å². The molecule has 2 atom stereocenters. The lowest BCUT2D eigenvalue weighted by Gasteiger charge is -2.22. The van der Waals surface area contributed by atoms with Crippen molar-refractivity contribution in [3.63, 3.8) is 0 Å². The third kappa shape index (κ3) is 6.66. The van der Waals surface area contributed by atoms with Crippen molar-refractivity contribution in [3.8, 4) is 0 Å². The highest BCUT2D eigenvalue weighted by Crippen LogP contribution is 2.40. The minimum Gasteiger partial charge on any atom is -0.426 e. The number of carbonyl (C=O) groups is 5. The van der Waals surface area contributed by atoms with Crippen LogP contribution in [0.3, 0.4) is 0 Å². The number of benzene rings is 1. The van der Waals surface area contributed by atoms with Gasteiger partial charge in [0.15, 0.2) is 0 Å².